The Morgan fingerprint density at radius 2 is 1.94 bits per heavy atom. The molecule has 3 N–H and O–H groups in total. The molecule has 12 heteroatoms. The number of hydrogen-bond acceptors (Lipinski definition) is 6. The van der Waals surface area contributed by atoms with Crippen molar-refractivity contribution in [2.24, 2.45) is 11.8 Å². The van der Waals surface area contributed by atoms with E-state index >= 15 is 0 Å². The lowest BCUT2D eigenvalue weighted by atomic mass is 9.89. The summed E-state index contributed by atoms with van der Waals surface area (Å²) in [6.07, 6.45) is -6.52. The van der Waals surface area contributed by atoms with Crippen molar-refractivity contribution in [2.75, 3.05) is 24.5 Å². The zero-order valence-electron chi connectivity index (χ0n) is 17.9. The molecule has 1 aromatic carbocycles. The van der Waals surface area contributed by atoms with Crippen molar-refractivity contribution in [3.63, 3.8) is 0 Å². The number of aliphatic hydroxyl groups is 1. The summed E-state index contributed by atoms with van der Waals surface area (Å²) in [7, 11) is 0. The fourth-order valence-corrected chi connectivity index (χ4v) is 3.75. The Hall–Kier alpha value is -2.60. The van der Waals surface area contributed by atoms with E-state index in [0.29, 0.717) is 5.69 Å². The Labute approximate surface area is 182 Å². The number of alkyl halides is 3. The fourth-order valence-electron chi connectivity index (χ4n) is 3.75. The smallest absolute Gasteiger partial charge is 0.403 e. The molecule has 180 valence electrons. The number of benzene rings is 1. The summed E-state index contributed by atoms with van der Waals surface area (Å²) in [6, 6.07) is 2.72. The Morgan fingerprint density at radius 1 is 1.28 bits per heavy atom. The lowest BCUT2D eigenvalue weighted by molar-refractivity contribution is -0.275. The Morgan fingerprint density at radius 3 is 2.44 bits per heavy atom. The van der Waals surface area contributed by atoms with Gasteiger partial charge < -0.3 is 19.6 Å². The van der Waals surface area contributed by atoms with E-state index in [1.165, 1.54) is 16.4 Å². The second kappa shape index (κ2) is 10.3. The third kappa shape index (κ3) is 6.45. The van der Waals surface area contributed by atoms with Gasteiger partial charge in [0.2, 0.25) is 5.91 Å². The minimum Gasteiger partial charge on any atom is -0.403 e. The van der Waals surface area contributed by atoms with E-state index in [1.807, 2.05) is 13.8 Å². The second-order valence-electron chi connectivity index (χ2n) is 8.15. The maximum absolute atomic E-state index is 14.1. The Kier molecular flexibility index (Phi) is 8.29. The molecule has 0 aromatic heterocycles. The van der Waals surface area contributed by atoms with Crippen LogP contribution in [0.4, 0.5) is 23.2 Å². The predicted molar refractivity (Wildman–Crippen MR) is 105 cm³/mol. The highest BCUT2D eigenvalue weighted by Gasteiger charge is 2.38. The summed E-state index contributed by atoms with van der Waals surface area (Å²) in [5.41, 5.74) is 1.68. The van der Waals surface area contributed by atoms with Crippen LogP contribution < -0.4 is 15.1 Å². The van der Waals surface area contributed by atoms with Crippen LogP contribution in [0.1, 0.15) is 27.2 Å². The molecule has 3 atom stereocenters. The molecular weight excluding hydrogens is 438 g/mol. The standard InChI is InChI=1S/C20H27F4N3O5/c1-11(2)8-14(17(28)18(29)25-31)19(30)27-7-6-26(10-12(27)3)13-4-5-16(15(21)9-13)32-20(22,23)24/h4-5,9,11-12,14,17,28,31H,6-8,10H2,1-3H3,(H,25,29)/t12-,14+,17+/m1/s1. The topological polar surface area (TPSA) is 102 Å². The number of nitrogens with zero attached hydrogens (tertiary/aromatic N) is 2. The van der Waals surface area contributed by atoms with Gasteiger partial charge in [-0.05, 0) is 31.4 Å². The molecule has 0 unspecified atom stereocenters. The number of anilines is 1. The van der Waals surface area contributed by atoms with Gasteiger partial charge >= 0.3 is 6.36 Å². The maximum Gasteiger partial charge on any atom is 0.573 e. The number of halogens is 4. The summed E-state index contributed by atoms with van der Waals surface area (Å²) < 4.78 is 54.7. The van der Waals surface area contributed by atoms with Gasteiger partial charge in [0.25, 0.3) is 5.91 Å². The van der Waals surface area contributed by atoms with Gasteiger partial charge in [-0.2, -0.15) is 0 Å². The fraction of sp³-hybridized carbons (Fsp3) is 0.600. The van der Waals surface area contributed by atoms with E-state index < -0.39 is 47.8 Å². The first kappa shape index (κ1) is 25.7. The largest absolute Gasteiger partial charge is 0.573 e. The van der Waals surface area contributed by atoms with Gasteiger partial charge in [-0.15, -0.1) is 13.2 Å². The molecule has 1 aliphatic heterocycles. The molecule has 32 heavy (non-hydrogen) atoms. The van der Waals surface area contributed by atoms with E-state index in [0.717, 1.165) is 12.1 Å². The third-order valence-corrected chi connectivity index (χ3v) is 5.22. The van der Waals surface area contributed by atoms with Gasteiger partial charge in [-0.1, -0.05) is 13.8 Å². The van der Waals surface area contributed by atoms with Gasteiger partial charge in [0.1, 0.15) is 6.10 Å². The van der Waals surface area contributed by atoms with Crippen LogP contribution in [0.2, 0.25) is 0 Å². The Balaban J connectivity index is 2.12. The first-order valence-electron chi connectivity index (χ1n) is 10.1. The van der Waals surface area contributed by atoms with E-state index in [2.05, 4.69) is 4.74 Å². The number of carbonyl (C=O) groups is 2. The van der Waals surface area contributed by atoms with Crippen molar-refractivity contribution in [2.45, 2.75) is 45.7 Å². The van der Waals surface area contributed by atoms with Crippen LogP contribution in [0, 0.1) is 17.7 Å². The lowest BCUT2D eigenvalue weighted by Gasteiger charge is -2.42. The van der Waals surface area contributed by atoms with E-state index in [4.69, 9.17) is 5.21 Å². The van der Waals surface area contributed by atoms with Crippen molar-refractivity contribution >= 4 is 17.5 Å². The van der Waals surface area contributed by atoms with Crippen molar-refractivity contribution in [1.82, 2.24) is 10.4 Å². The quantitative estimate of drug-likeness (QED) is 0.325. The number of rotatable bonds is 7. The van der Waals surface area contributed by atoms with Crippen LogP contribution in [-0.2, 0) is 9.59 Å². The average molecular weight is 465 g/mol. The highest BCUT2D eigenvalue weighted by molar-refractivity contribution is 5.89. The van der Waals surface area contributed by atoms with E-state index in [-0.39, 0.29) is 32.0 Å². The highest BCUT2D eigenvalue weighted by Crippen LogP contribution is 2.30. The molecule has 0 spiro atoms. The van der Waals surface area contributed by atoms with E-state index in [1.54, 1.807) is 11.8 Å². The first-order chi connectivity index (χ1) is 14.8. The number of carbonyl (C=O) groups excluding carboxylic acids is 2. The number of ether oxygens (including phenoxy) is 1. The van der Waals surface area contributed by atoms with Crippen molar-refractivity contribution < 1.29 is 42.2 Å². The van der Waals surface area contributed by atoms with Crippen LogP contribution in [-0.4, -0.2) is 65.2 Å². The van der Waals surface area contributed by atoms with Gasteiger partial charge in [0.05, 0.1) is 5.92 Å². The van der Waals surface area contributed by atoms with Crippen LogP contribution in [0.3, 0.4) is 0 Å². The molecule has 0 radical (unpaired) electrons. The molecule has 1 aromatic rings. The monoisotopic (exact) mass is 465 g/mol. The Bertz CT molecular complexity index is 821. The van der Waals surface area contributed by atoms with Gasteiger partial charge in [0, 0.05) is 37.4 Å². The third-order valence-electron chi connectivity index (χ3n) is 5.22. The zero-order chi connectivity index (χ0) is 24.2. The van der Waals surface area contributed by atoms with Crippen molar-refractivity contribution in [3.05, 3.63) is 24.0 Å². The van der Waals surface area contributed by atoms with Crippen molar-refractivity contribution in [1.29, 1.82) is 0 Å². The van der Waals surface area contributed by atoms with Crippen molar-refractivity contribution in [3.8, 4) is 5.75 Å². The normalized spacial score (nSPS) is 19.0. The van der Waals surface area contributed by atoms with E-state index in [9.17, 15) is 32.3 Å². The van der Waals surface area contributed by atoms with Gasteiger partial charge in [-0.25, -0.2) is 9.87 Å². The summed E-state index contributed by atoms with van der Waals surface area (Å²) >= 11 is 0. The molecular formula is C20H27F4N3O5. The molecule has 1 saturated heterocycles. The number of hydroxylamine groups is 1. The minimum absolute atomic E-state index is 0.0119. The predicted octanol–water partition coefficient (Wildman–Crippen LogP) is 2.29. The number of hydrogen-bond donors (Lipinski definition) is 3. The van der Waals surface area contributed by atoms with Crippen LogP contribution >= 0.6 is 0 Å². The van der Waals surface area contributed by atoms with Gasteiger partial charge in [0.15, 0.2) is 11.6 Å². The molecule has 2 amide bonds. The number of piperazine rings is 1. The number of nitrogens with one attached hydrogen (secondary N) is 1. The summed E-state index contributed by atoms with van der Waals surface area (Å²) in [5.74, 6) is -4.71. The molecule has 1 aliphatic rings. The number of aliphatic hydroxyl groups excluding tert-OH is 1. The minimum atomic E-state index is -5.01. The summed E-state index contributed by atoms with van der Waals surface area (Å²) in [4.78, 5) is 28.0. The molecule has 8 nitrogen and oxygen atoms in total. The molecule has 0 bridgehead atoms. The average Bonchev–Trinajstić information content (AvgIpc) is 2.70. The molecule has 1 heterocycles. The molecule has 2 rings (SSSR count). The zero-order valence-corrected chi connectivity index (χ0v) is 17.9. The van der Waals surface area contributed by atoms with Crippen LogP contribution in [0.25, 0.3) is 0 Å². The van der Waals surface area contributed by atoms with Crippen LogP contribution in [0.15, 0.2) is 18.2 Å². The molecule has 0 aliphatic carbocycles. The molecule has 1 fully saturated rings. The highest BCUT2D eigenvalue weighted by atomic mass is 19.4. The molecule has 0 saturated carbocycles. The number of amides is 2. The second-order valence-corrected chi connectivity index (χ2v) is 8.15. The SMILES string of the molecule is CC(C)C[C@H](C(=O)N1CCN(c2ccc(OC(F)(F)F)c(F)c2)C[C@H]1C)[C@H](O)C(=O)NO. The lowest BCUT2D eigenvalue weighted by Crippen LogP contribution is -2.57. The van der Waals surface area contributed by atoms with Crippen LogP contribution in [0.5, 0.6) is 5.75 Å². The first-order valence-corrected chi connectivity index (χ1v) is 10.1. The summed E-state index contributed by atoms with van der Waals surface area (Å²) in [6.45, 7) is 6.07. The van der Waals surface area contributed by atoms with Gasteiger partial charge in [-0.3, -0.25) is 14.8 Å². The maximum atomic E-state index is 14.1. The summed E-state index contributed by atoms with van der Waals surface area (Å²) in [5, 5.41) is 19.0.